The summed E-state index contributed by atoms with van der Waals surface area (Å²) in [5.74, 6) is 1.93. The fourth-order valence-corrected chi connectivity index (χ4v) is 7.36. The zero-order chi connectivity index (χ0) is 33.0. The highest BCUT2D eigenvalue weighted by atomic mass is 15.0. The predicted molar refractivity (Wildman–Crippen MR) is 205 cm³/mol. The monoisotopic (exact) mass is 639 g/mol. The molecule has 0 fully saturated rings. The van der Waals surface area contributed by atoms with Gasteiger partial charge < -0.3 is 9.13 Å². The van der Waals surface area contributed by atoms with E-state index in [2.05, 4.69) is 124 Å². The van der Waals surface area contributed by atoms with Crippen LogP contribution in [0.4, 0.5) is 0 Å². The molecule has 0 bridgehead atoms. The molecule has 0 saturated carbocycles. The Kier molecular flexibility index (Phi) is 6.42. The molecule has 0 spiro atoms. The van der Waals surface area contributed by atoms with Gasteiger partial charge in [0.25, 0.3) is 0 Å². The number of hydrogen-bond donors (Lipinski definition) is 0. The Bertz CT molecular complexity index is 2780. The predicted octanol–water partition coefficient (Wildman–Crippen LogP) is 11.1. The maximum Gasteiger partial charge on any atom is 0.164 e. The van der Waals surface area contributed by atoms with E-state index in [9.17, 15) is 0 Å². The van der Waals surface area contributed by atoms with Crippen molar-refractivity contribution in [1.82, 2.24) is 24.1 Å². The lowest BCUT2D eigenvalue weighted by atomic mass is 10.0. The molecule has 3 heterocycles. The Labute approximate surface area is 288 Å². The number of para-hydroxylation sites is 3. The van der Waals surface area contributed by atoms with E-state index in [0.29, 0.717) is 17.5 Å². The van der Waals surface area contributed by atoms with Crippen LogP contribution in [0, 0.1) is 0 Å². The second-order valence-electron chi connectivity index (χ2n) is 12.5. The van der Waals surface area contributed by atoms with Gasteiger partial charge in [-0.15, -0.1) is 0 Å². The van der Waals surface area contributed by atoms with E-state index in [4.69, 9.17) is 15.0 Å². The van der Waals surface area contributed by atoms with Gasteiger partial charge in [0.2, 0.25) is 0 Å². The van der Waals surface area contributed by atoms with Crippen molar-refractivity contribution in [3.63, 3.8) is 0 Å². The van der Waals surface area contributed by atoms with E-state index in [-0.39, 0.29) is 0 Å². The maximum absolute atomic E-state index is 5.07. The van der Waals surface area contributed by atoms with Gasteiger partial charge in [-0.05, 0) is 60.7 Å². The van der Waals surface area contributed by atoms with Crippen LogP contribution in [-0.2, 0) is 0 Å². The molecule has 5 heteroatoms. The molecule has 0 amide bonds. The van der Waals surface area contributed by atoms with Crippen molar-refractivity contribution in [2.75, 3.05) is 0 Å². The molecule has 5 nitrogen and oxygen atoms in total. The summed E-state index contributed by atoms with van der Waals surface area (Å²) in [7, 11) is 0. The van der Waals surface area contributed by atoms with Crippen LogP contribution in [0.1, 0.15) is 0 Å². The molecule has 0 unspecified atom stereocenters. The summed E-state index contributed by atoms with van der Waals surface area (Å²) < 4.78 is 4.75. The van der Waals surface area contributed by atoms with Gasteiger partial charge in [-0.2, -0.15) is 0 Å². The number of hydrogen-bond acceptors (Lipinski definition) is 3. The van der Waals surface area contributed by atoms with Gasteiger partial charge in [-0.1, -0.05) is 115 Å². The Morgan fingerprint density at radius 2 is 0.700 bits per heavy atom. The molecular formula is C45H29N5. The second-order valence-corrected chi connectivity index (χ2v) is 12.5. The standard InChI is InChI=1S/C45H29N5/c1-5-15-30(16-6-1)43-46-44(31-17-7-2-8-18-31)48-45(47-43)32-25-26-38-36(29-32)42-40(50(38)34-21-11-4-12-22-34)28-27-39-41(42)35-23-13-14-24-37(35)49(39)33-19-9-3-10-20-33/h1-29H. The first-order valence-electron chi connectivity index (χ1n) is 16.8. The van der Waals surface area contributed by atoms with Gasteiger partial charge in [0.05, 0.1) is 22.1 Å². The van der Waals surface area contributed by atoms with Gasteiger partial charge in [0.1, 0.15) is 0 Å². The van der Waals surface area contributed by atoms with E-state index in [1.807, 2.05) is 60.7 Å². The van der Waals surface area contributed by atoms with Crippen LogP contribution < -0.4 is 0 Å². The lowest BCUT2D eigenvalue weighted by Gasteiger charge is -2.10. The fraction of sp³-hybridized carbons (Fsp3) is 0. The average molecular weight is 640 g/mol. The first-order valence-corrected chi connectivity index (χ1v) is 16.8. The van der Waals surface area contributed by atoms with Crippen LogP contribution in [0.15, 0.2) is 176 Å². The molecule has 0 saturated heterocycles. The van der Waals surface area contributed by atoms with Gasteiger partial charge in [0.15, 0.2) is 17.5 Å². The maximum atomic E-state index is 5.07. The van der Waals surface area contributed by atoms with Crippen LogP contribution in [0.3, 0.4) is 0 Å². The lowest BCUT2D eigenvalue weighted by Crippen LogP contribution is -2.00. The fourth-order valence-electron chi connectivity index (χ4n) is 7.36. The minimum absolute atomic E-state index is 0.638. The largest absolute Gasteiger partial charge is 0.309 e. The van der Waals surface area contributed by atoms with Crippen molar-refractivity contribution < 1.29 is 0 Å². The SMILES string of the molecule is c1ccc(-c2nc(-c3ccccc3)nc(-c3ccc4c(c3)c3c5c6ccccc6n(-c6ccccc6)c5ccc3n4-c3ccccc3)n2)cc1. The lowest BCUT2D eigenvalue weighted by molar-refractivity contribution is 1.07. The quantitative estimate of drug-likeness (QED) is 0.188. The molecule has 10 aromatic rings. The third kappa shape index (κ3) is 4.45. The number of benzene rings is 7. The Hall–Kier alpha value is -6.85. The smallest absolute Gasteiger partial charge is 0.164 e. The van der Waals surface area contributed by atoms with E-state index in [1.165, 1.54) is 27.2 Å². The molecule has 7 aromatic carbocycles. The zero-order valence-corrected chi connectivity index (χ0v) is 27.0. The Morgan fingerprint density at radius 3 is 1.24 bits per heavy atom. The third-order valence-corrected chi connectivity index (χ3v) is 9.55. The van der Waals surface area contributed by atoms with Crippen LogP contribution in [0.25, 0.3) is 89.2 Å². The van der Waals surface area contributed by atoms with E-state index in [1.54, 1.807) is 0 Å². The molecule has 0 N–H and O–H groups in total. The first kappa shape index (κ1) is 28.2. The zero-order valence-electron chi connectivity index (χ0n) is 27.0. The van der Waals surface area contributed by atoms with Crippen molar-refractivity contribution in [3.05, 3.63) is 176 Å². The highest BCUT2D eigenvalue weighted by molar-refractivity contribution is 6.29. The van der Waals surface area contributed by atoms with Crippen molar-refractivity contribution in [2.24, 2.45) is 0 Å². The number of nitrogens with zero attached hydrogens (tertiary/aromatic N) is 5. The third-order valence-electron chi connectivity index (χ3n) is 9.55. The average Bonchev–Trinajstić information content (AvgIpc) is 3.71. The molecule has 50 heavy (non-hydrogen) atoms. The van der Waals surface area contributed by atoms with E-state index >= 15 is 0 Å². The summed E-state index contributed by atoms with van der Waals surface area (Å²) in [6.07, 6.45) is 0. The summed E-state index contributed by atoms with van der Waals surface area (Å²) in [6, 6.07) is 61.4. The van der Waals surface area contributed by atoms with Crippen LogP contribution >= 0.6 is 0 Å². The summed E-state index contributed by atoms with van der Waals surface area (Å²) in [4.78, 5) is 15.1. The van der Waals surface area contributed by atoms with E-state index < -0.39 is 0 Å². The molecule has 0 aliphatic rings. The van der Waals surface area contributed by atoms with Gasteiger partial charge in [-0.3, -0.25) is 0 Å². The Balaban J connectivity index is 1.31. The minimum Gasteiger partial charge on any atom is -0.309 e. The van der Waals surface area contributed by atoms with Crippen molar-refractivity contribution >= 4 is 43.6 Å². The number of aromatic nitrogens is 5. The topological polar surface area (TPSA) is 48.5 Å². The molecule has 234 valence electrons. The summed E-state index contributed by atoms with van der Waals surface area (Å²) >= 11 is 0. The van der Waals surface area contributed by atoms with Crippen molar-refractivity contribution in [1.29, 1.82) is 0 Å². The number of rotatable bonds is 5. The summed E-state index contributed by atoms with van der Waals surface area (Å²) in [6.45, 7) is 0. The molecule has 0 aliphatic carbocycles. The summed E-state index contributed by atoms with van der Waals surface area (Å²) in [5, 5.41) is 4.79. The molecule has 10 rings (SSSR count). The van der Waals surface area contributed by atoms with Crippen LogP contribution in [0.5, 0.6) is 0 Å². The van der Waals surface area contributed by atoms with Gasteiger partial charge in [0, 0.05) is 49.6 Å². The normalized spacial score (nSPS) is 11.6. The van der Waals surface area contributed by atoms with Gasteiger partial charge in [-0.25, -0.2) is 15.0 Å². The molecule has 0 atom stereocenters. The minimum atomic E-state index is 0.638. The van der Waals surface area contributed by atoms with Crippen molar-refractivity contribution in [2.45, 2.75) is 0 Å². The van der Waals surface area contributed by atoms with Crippen LogP contribution in [-0.4, -0.2) is 24.1 Å². The molecule has 0 aliphatic heterocycles. The molecule has 0 radical (unpaired) electrons. The van der Waals surface area contributed by atoms with E-state index in [0.717, 1.165) is 44.5 Å². The Morgan fingerprint density at radius 1 is 0.300 bits per heavy atom. The first-order chi connectivity index (χ1) is 24.8. The summed E-state index contributed by atoms with van der Waals surface area (Å²) in [5.41, 5.74) is 9.70. The van der Waals surface area contributed by atoms with Crippen molar-refractivity contribution in [3.8, 4) is 45.5 Å². The van der Waals surface area contributed by atoms with Gasteiger partial charge >= 0.3 is 0 Å². The number of fused-ring (bicyclic) bond motifs is 7. The highest BCUT2D eigenvalue weighted by Gasteiger charge is 2.21. The van der Waals surface area contributed by atoms with Crippen LogP contribution in [0.2, 0.25) is 0 Å². The molecule has 3 aromatic heterocycles. The molecular weight excluding hydrogens is 611 g/mol. The highest BCUT2D eigenvalue weighted by Crippen LogP contribution is 2.43. The second kappa shape index (κ2) is 11.4.